The van der Waals surface area contributed by atoms with Crippen LogP contribution >= 0.6 is 0 Å². The molecule has 1 heteroatoms. The van der Waals surface area contributed by atoms with Crippen LogP contribution in [0.3, 0.4) is 0 Å². The van der Waals surface area contributed by atoms with Gasteiger partial charge in [0.2, 0.25) is 0 Å². The van der Waals surface area contributed by atoms with E-state index in [1.807, 2.05) is 12.1 Å². The standard InChI is InChI=1S/C12H15F/c1-9(2)12(7-8-12)10-5-3-4-6-11(10)13/h3-6,9H,7-8H2,1-2H3. The van der Waals surface area contributed by atoms with Gasteiger partial charge >= 0.3 is 0 Å². The molecule has 0 nitrogen and oxygen atoms in total. The van der Waals surface area contributed by atoms with E-state index in [-0.39, 0.29) is 11.2 Å². The van der Waals surface area contributed by atoms with E-state index in [9.17, 15) is 4.39 Å². The third kappa shape index (κ3) is 1.27. The average Bonchev–Trinajstić information content (AvgIpc) is 2.85. The molecule has 0 aromatic heterocycles. The molecule has 13 heavy (non-hydrogen) atoms. The maximum atomic E-state index is 13.5. The molecule has 1 aliphatic rings. The van der Waals surface area contributed by atoms with Crippen molar-refractivity contribution < 1.29 is 4.39 Å². The summed E-state index contributed by atoms with van der Waals surface area (Å²) in [6.45, 7) is 4.36. The quantitative estimate of drug-likeness (QED) is 0.650. The van der Waals surface area contributed by atoms with Gasteiger partial charge in [0.05, 0.1) is 0 Å². The molecular formula is C12H15F. The van der Waals surface area contributed by atoms with Crippen LogP contribution < -0.4 is 0 Å². The van der Waals surface area contributed by atoms with Crippen molar-refractivity contribution >= 4 is 0 Å². The van der Waals surface area contributed by atoms with Gasteiger partial charge < -0.3 is 0 Å². The fourth-order valence-corrected chi connectivity index (χ4v) is 2.16. The summed E-state index contributed by atoms with van der Waals surface area (Å²) in [6, 6.07) is 7.19. The molecule has 0 aliphatic heterocycles. The number of benzene rings is 1. The minimum atomic E-state index is -0.0336. The molecule has 0 heterocycles. The minimum absolute atomic E-state index is 0.0336. The first-order chi connectivity index (χ1) is 6.17. The highest BCUT2D eigenvalue weighted by Gasteiger charge is 2.48. The number of halogens is 1. The Bertz CT molecular complexity index is 311. The SMILES string of the molecule is CC(C)C1(c2ccccc2F)CC1. The van der Waals surface area contributed by atoms with Crippen LogP contribution in [0, 0.1) is 11.7 Å². The van der Waals surface area contributed by atoms with Crippen molar-refractivity contribution in [3.05, 3.63) is 35.6 Å². The largest absolute Gasteiger partial charge is 0.207 e. The first-order valence-corrected chi connectivity index (χ1v) is 4.92. The number of hydrogen-bond donors (Lipinski definition) is 0. The summed E-state index contributed by atoms with van der Waals surface area (Å²) in [5.74, 6) is 0.512. The Balaban J connectivity index is 2.41. The summed E-state index contributed by atoms with van der Waals surface area (Å²) in [5.41, 5.74) is 1.08. The molecule has 1 fully saturated rings. The third-order valence-electron chi connectivity index (χ3n) is 3.30. The summed E-state index contributed by atoms with van der Waals surface area (Å²) in [4.78, 5) is 0. The molecule has 1 aromatic rings. The van der Waals surface area contributed by atoms with Crippen molar-refractivity contribution in [1.82, 2.24) is 0 Å². The van der Waals surface area contributed by atoms with Crippen molar-refractivity contribution in [2.75, 3.05) is 0 Å². The van der Waals surface area contributed by atoms with Crippen molar-refractivity contribution in [3.63, 3.8) is 0 Å². The van der Waals surface area contributed by atoms with Crippen LogP contribution in [-0.2, 0) is 5.41 Å². The molecule has 0 bridgehead atoms. The van der Waals surface area contributed by atoms with Crippen LogP contribution in [0.5, 0.6) is 0 Å². The van der Waals surface area contributed by atoms with Gasteiger partial charge in [-0.25, -0.2) is 4.39 Å². The second kappa shape index (κ2) is 2.83. The fourth-order valence-electron chi connectivity index (χ4n) is 2.16. The Morgan fingerprint density at radius 2 is 1.85 bits per heavy atom. The highest BCUT2D eigenvalue weighted by molar-refractivity contribution is 5.33. The van der Waals surface area contributed by atoms with Gasteiger partial charge in [-0.3, -0.25) is 0 Å². The summed E-state index contributed by atoms with van der Waals surface area (Å²) >= 11 is 0. The molecule has 0 N–H and O–H groups in total. The van der Waals surface area contributed by atoms with Crippen LogP contribution in [0.25, 0.3) is 0 Å². The van der Waals surface area contributed by atoms with Gasteiger partial charge in [-0.05, 0) is 30.4 Å². The van der Waals surface area contributed by atoms with Gasteiger partial charge in [0, 0.05) is 5.41 Å². The van der Waals surface area contributed by atoms with E-state index in [2.05, 4.69) is 13.8 Å². The van der Waals surface area contributed by atoms with E-state index in [4.69, 9.17) is 0 Å². The Labute approximate surface area is 78.8 Å². The maximum Gasteiger partial charge on any atom is 0.126 e. The Morgan fingerprint density at radius 3 is 2.31 bits per heavy atom. The Kier molecular flexibility index (Phi) is 1.90. The van der Waals surface area contributed by atoms with E-state index in [1.165, 1.54) is 0 Å². The van der Waals surface area contributed by atoms with Crippen molar-refractivity contribution in [3.8, 4) is 0 Å². The van der Waals surface area contributed by atoms with E-state index < -0.39 is 0 Å². The first-order valence-electron chi connectivity index (χ1n) is 4.92. The smallest absolute Gasteiger partial charge is 0.126 e. The molecule has 0 unspecified atom stereocenters. The molecule has 0 radical (unpaired) electrons. The topological polar surface area (TPSA) is 0 Å². The molecule has 1 aromatic carbocycles. The second-order valence-electron chi connectivity index (χ2n) is 4.29. The molecule has 0 spiro atoms. The third-order valence-corrected chi connectivity index (χ3v) is 3.30. The fraction of sp³-hybridized carbons (Fsp3) is 0.500. The molecule has 0 amide bonds. The Morgan fingerprint density at radius 1 is 1.23 bits per heavy atom. The van der Waals surface area contributed by atoms with Gasteiger partial charge in [-0.2, -0.15) is 0 Å². The predicted octanol–water partition coefficient (Wildman–Crippen LogP) is 3.51. The predicted molar refractivity (Wildman–Crippen MR) is 52.2 cm³/mol. The lowest BCUT2D eigenvalue weighted by atomic mass is 9.85. The van der Waals surface area contributed by atoms with Crippen LogP contribution in [0.1, 0.15) is 32.3 Å². The molecule has 2 rings (SSSR count). The number of rotatable bonds is 2. The monoisotopic (exact) mass is 178 g/mol. The van der Waals surface area contributed by atoms with Crippen LogP contribution in [0.2, 0.25) is 0 Å². The number of hydrogen-bond acceptors (Lipinski definition) is 0. The summed E-state index contributed by atoms with van der Waals surface area (Å²) in [5, 5.41) is 0. The lowest BCUT2D eigenvalue weighted by Gasteiger charge is -2.20. The second-order valence-corrected chi connectivity index (χ2v) is 4.29. The molecule has 0 atom stereocenters. The zero-order valence-electron chi connectivity index (χ0n) is 8.18. The van der Waals surface area contributed by atoms with E-state index >= 15 is 0 Å². The highest BCUT2D eigenvalue weighted by atomic mass is 19.1. The minimum Gasteiger partial charge on any atom is -0.207 e. The van der Waals surface area contributed by atoms with Crippen molar-refractivity contribution in [2.45, 2.75) is 32.1 Å². The molecular weight excluding hydrogens is 163 g/mol. The molecule has 1 saturated carbocycles. The molecule has 70 valence electrons. The van der Waals surface area contributed by atoms with Gasteiger partial charge in [0.1, 0.15) is 5.82 Å². The average molecular weight is 178 g/mol. The highest BCUT2D eigenvalue weighted by Crippen LogP contribution is 2.54. The van der Waals surface area contributed by atoms with Crippen LogP contribution in [0.4, 0.5) is 4.39 Å². The van der Waals surface area contributed by atoms with E-state index in [0.29, 0.717) is 5.92 Å². The normalized spacial score (nSPS) is 19.1. The molecule has 1 aliphatic carbocycles. The Hall–Kier alpha value is -0.850. The maximum absolute atomic E-state index is 13.5. The van der Waals surface area contributed by atoms with Gasteiger partial charge in [-0.15, -0.1) is 0 Å². The zero-order chi connectivity index (χ0) is 9.47. The lowest BCUT2D eigenvalue weighted by Crippen LogP contribution is -2.16. The van der Waals surface area contributed by atoms with Crippen LogP contribution in [-0.4, -0.2) is 0 Å². The van der Waals surface area contributed by atoms with Crippen molar-refractivity contribution in [1.29, 1.82) is 0 Å². The lowest BCUT2D eigenvalue weighted by molar-refractivity contribution is 0.456. The first kappa shape index (κ1) is 8.74. The zero-order valence-corrected chi connectivity index (χ0v) is 8.18. The van der Waals surface area contributed by atoms with Crippen LogP contribution in [0.15, 0.2) is 24.3 Å². The van der Waals surface area contributed by atoms with Crippen molar-refractivity contribution in [2.24, 2.45) is 5.92 Å². The summed E-state index contributed by atoms with van der Waals surface area (Å²) < 4.78 is 13.5. The van der Waals surface area contributed by atoms with E-state index in [1.54, 1.807) is 12.1 Å². The van der Waals surface area contributed by atoms with Gasteiger partial charge in [0.25, 0.3) is 0 Å². The summed E-state index contributed by atoms with van der Waals surface area (Å²) in [7, 11) is 0. The van der Waals surface area contributed by atoms with Gasteiger partial charge in [0.15, 0.2) is 0 Å². The summed E-state index contributed by atoms with van der Waals surface area (Å²) in [6.07, 6.45) is 2.29. The van der Waals surface area contributed by atoms with Gasteiger partial charge in [-0.1, -0.05) is 32.0 Å². The van der Waals surface area contributed by atoms with E-state index in [0.717, 1.165) is 18.4 Å². The molecule has 0 saturated heterocycles.